The number of benzene rings is 2. The number of nitrogens with zero attached hydrogens (tertiary/aromatic N) is 3. The predicted molar refractivity (Wildman–Crippen MR) is 109 cm³/mol. The van der Waals surface area contributed by atoms with Crippen LogP contribution in [0.3, 0.4) is 0 Å². The van der Waals surface area contributed by atoms with Gasteiger partial charge in [-0.2, -0.15) is 0 Å². The molecule has 0 spiro atoms. The molecule has 0 saturated heterocycles. The molecule has 27 heavy (non-hydrogen) atoms. The van der Waals surface area contributed by atoms with Crippen LogP contribution in [0.5, 0.6) is 0 Å². The third-order valence-electron chi connectivity index (χ3n) is 4.18. The minimum atomic E-state index is -0.321. The molecule has 1 aromatic heterocycles. The molecule has 2 aromatic carbocycles. The second-order valence-electron chi connectivity index (χ2n) is 6.33. The monoisotopic (exact) mass is 381 g/mol. The van der Waals surface area contributed by atoms with Gasteiger partial charge in [0.05, 0.1) is 5.25 Å². The van der Waals surface area contributed by atoms with E-state index in [9.17, 15) is 4.79 Å². The molecule has 3 N–H and O–H groups in total. The van der Waals surface area contributed by atoms with Crippen LogP contribution in [0.4, 0.5) is 0 Å². The minimum absolute atomic E-state index is 0.0455. The summed E-state index contributed by atoms with van der Waals surface area (Å²) in [5.74, 6) is 6.67. The highest BCUT2D eigenvalue weighted by atomic mass is 32.2. The van der Waals surface area contributed by atoms with Gasteiger partial charge in [0.25, 0.3) is 0 Å². The number of nitrogen functional groups attached to an aromatic ring is 1. The molecule has 7 heteroatoms. The first-order valence-corrected chi connectivity index (χ1v) is 9.68. The zero-order valence-corrected chi connectivity index (χ0v) is 16.2. The van der Waals surface area contributed by atoms with Gasteiger partial charge in [-0.25, -0.2) is 4.68 Å². The second-order valence-corrected chi connectivity index (χ2v) is 7.64. The van der Waals surface area contributed by atoms with Crippen LogP contribution in [0.2, 0.25) is 0 Å². The first-order valence-electron chi connectivity index (χ1n) is 8.80. The van der Waals surface area contributed by atoms with Crippen LogP contribution in [-0.4, -0.2) is 32.6 Å². The summed E-state index contributed by atoms with van der Waals surface area (Å²) in [5.41, 5.74) is 3.25. The fourth-order valence-corrected chi connectivity index (χ4v) is 3.38. The Morgan fingerprint density at radius 2 is 1.85 bits per heavy atom. The molecule has 0 fully saturated rings. The van der Waals surface area contributed by atoms with Crippen molar-refractivity contribution in [3.63, 3.8) is 0 Å². The van der Waals surface area contributed by atoms with Crippen LogP contribution in [0.25, 0.3) is 11.4 Å². The van der Waals surface area contributed by atoms with Crippen LogP contribution < -0.4 is 11.2 Å². The Hall–Kier alpha value is -2.80. The standard InChI is InChI=1S/C20H23N5OS/c1-14-8-10-17(11-9-14)18-23-24-20(25(18)21)27-15(2)19(26)22-13-12-16-6-4-3-5-7-16/h3-11,15H,12-13,21H2,1-2H3,(H,22,26). The van der Waals surface area contributed by atoms with E-state index in [1.807, 2.05) is 68.4 Å². The molecule has 140 valence electrons. The van der Waals surface area contributed by atoms with Crippen molar-refractivity contribution in [3.8, 4) is 11.4 Å². The maximum atomic E-state index is 12.3. The van der Waals surface area contributed by atoms with E-state index in [1.165, 1.54) is 22.0 Å². The first-order chi connectivity index (χ1) is 13.0. The fourth-order valence-electron chi connectivity index (χ4n) is 2.59. The van der Waals surface area contributed by atoms with Crippen molar-refractivity contribution in [1.29, 1.82) is 0 Å². The number of nitrogens with one attached hydrogen (secondary N) is 1. The average Bonchev–Trinajstić information content (AvgIpc) is 3.03. The van der Waals surface area contributed by atoms with Gasteiger partial charge in [-0.15, -0.1) is 10.2 Å². The third kappa shape index (κ3) is 4.89. The normalized spacial score (nSPS) is 11.9. The first kappa shape index (κ1) is 19.0. The molecule has 3 rings (SSSR count). The lowest BCUT2D eigenvalue weighted by molar-refractivity contribution is -0.120. The maximum absolute atomic E-state index is 12.3. The lowest BCUT2D eigenvalue weighted by Crippen LogP contribution is -2.32. The van der Waals surface area contributed by atoms with Gasteiger partial charge in [-0.1, -0.05) is 71.9 Å². The van der Waals surface area contributed by atoms with E-state index >= 15 is 0 Å². The van der Waals surface area contributed by atoms with Crippen molar-refractivity contribution in [1.82, 2.24) is 20.2 Å². The summed E-state index contributed by atoms with van der Waals surface area (Å²) >= 11 is 1.30. The van der Waals surface area contributed by atoms with Crippen molar-refractivity contribution in [2.45, 2.75) is 30.7 Å². The Kier molecular flexibility index (Phi) is 6.13. The van der Waals surface area contributed by atoms with Crippen molar-refractivity contribution in [2.24, 2.45) is 0 Å². The number of aryl methyl sites for hydroxylation is 1. The summed E-state index contributed by atoms with van der Waals surface area (Å²) in [6, 6.07) is 18.0. The topological polar surface area (TPSA) is 85.8 Å². The number of hydrogen-bond acceptors (Lipinski definition) is 5. The summed E-state index contributed by atoms with van der Waals surface area (Å²) in [7, 11) is 0. The van der Waals surface area contributed by atoms with Gasteiger partial charge in [-0.3, -0.25) is 4.79 Å². The smallest absolute Gasteiger partial charge is 0.233 e. The van der Waals surface area contributed by atoms with Gasteiger partial charge in [0, 0.05) is 12.1 Å². The molecular formula is C20H23N5OS. The predicted octanol–water partition coefficient (Wildman–Crippen LogP) is 2.81. The lowest BCUT2D eigenvalue weighted by Gasteiger charge is -2.11. The van der Waals surface area contributed by atoms with Crippen molar-refractivity contribution >= 4 is 17.7 Å². The molecule has 0 aliphatic rings. The summed E-state index contributed by atoms with van der Waals surface area (Å²) < 4.78 is 1.43. The molecule has 0 radical (unpaired) electrons. The zero-order chi connectivity index (χ0) is 19.2. The van der Waals surface area contributed by atoms with Crippen molar-refractivity contribution in [3.05, 3.63) is 65.7 Å². The van der Waals surface area contributed by atoms with Crippen LogP contribution in [0, 0.1) is 6.92 Å². The fraction of sp³-hybridized carbons (Fsp3) is 0.250. The van der Waals surface area contributed by atoms with Crippen molar-refractivity contribution < 1.29 is 4.79 Å². The maximum Gasteiger partial charge on any atom is 0.233 e. The summed E-state index contributed by atoms with van der Waals surface area (Å²) in [4.78, 5) is 12.3. The van der Waals surface area contributed by atoms with Gasteiger partial charge in [0.15, 0.2) is 5.82 Å². The van der Waals surface area contributed by atoms with E-state index in [4.69, 9.17) is 5.84 Å². The lowest BCUT2D eigenvalue weighted by atomic mass is 10.1. The molecule has 1 unspecified atom stereocenters. The van der Waals surface area contributed by atoms with Gasteiger partial charge in [-0.05, 0) is 25.8 Å². The van der Waals surface area contributed by atoms with E-state index in [1.54, 1.807) is 0 Å². The Labute approximate surface area is 163 Å². The molecule has 0 bridgehead atoms. The van der Waals surface area contributed by atoms with E-state index in [-0.39, 0.29) is 11.2 Å². The number of rotatable bonds is 7. The molecule has 1 heterocycles. The zero-order valence-electron chi connectivity index (χ0n) is 15.4. The van der Waals surface area contributed by atoms with Gasteiger partial charge in [0.1, 0.15) is 0 Å². The highest BCUT2D eigenvalue weighted by Gasteiger charge is 2.19. The van der Waals surface area contributed by atoms with E-state index in [0.29, 0.717) is 17.5 Å². The molecule has 1 amide bonds. The van der Waals surface area contributed by atoms with Gasteiger partial charge in [0.2, 0.25) is 11.1 Å². The van der Waals surface area contributed by atoms with Crippen LogP contribution in [-0.2, 0) is 11.2 Å². The Morgan fingerprint density at radius 3 is 2.56 bits per heavy atom. The van der Waals surface area contributed by atoms with E-state index in [2.05, 4.69) is 15.5 Å². The molecule has 0 aliphatic heterocycles. The van der Waals surface area contributed by atoms with Crippen LogP contribution in [0.1, 0.15) is 18.1 Å². The Balaban J connectivity index is 1.56. The minimum Gasteiger partial charge on any atom is -0.355 e. The molecule has 0 saturated carbocycles. The summed E-state index contributed by atoms with van der Waals surface area (Å²) in [5, 5.41) is 11.4. The van der Waals surface area contributed by atoms with Gasteiger partial charge >= 0.3 is 0 Å². The number of thioether (sulfide) groups is 1. The molecule has 3 aromatic rings. The SMILES string of the molecule is Cc1ccc(-c2nnc(SC(C)C(=O)NCCc3ccccc3)n2N)cc1. The number of hydrogen-bond donors (Lipinski definition) is 2. The van der Waals surface area contributed by atoms with E-state index < -0.39 is 0 Å². The summed E-state index contributed by atoms with van der Waals surface area (Å²) in [6.07, 6.45) is 0.800. The number of aromatic nitrogens is 3. The number of carbonyl (C=O) groups is 1. The number of amides is 1. The quantitative estimate of drug-likeness (QED) is 0.485. The Morgan fingerprint density at radius 1 is 1.15 bits per heavy atom. The number of nitrogens with two attached hydrogens (primary N) is 1. The molecule has 6 nitrogen and oxygen atoms in total. The molecule has 0 aliphatic carbocycles. The molecule has 1 atom stereocenters. The highest BCUT2D eigenvalue weighted by Crippen LogP contribution is 2.24. The average molecular weight is 382 g/mol. The highest BCUT2D eigenvalue weighted by molar-refractivity contribution is 8.00. The van der Waals surface area contributed by atoms with Crippen LogP contribution >= 0.6 is 11.8 Å². The largest absolute Gasteiger partial charge is 0.355 e. The second kappa shape index (κ2) is 8.73. The van der Waals surface area contributed by atoms with E-state index in [0.717, 1.165) is 17.5 Å². The number of carbonyl (C=O) groups excluding carboxylic acids is 1. The van der Waals surface area contributed by atoms with Crippen molar-refractivity contribution in [2.75, 3.05) is 12.4 Å². The third-order valence-corrected chi connectivity index (χ3v) is 5.24. The van der Waals surface area contributed by atoms with Crippen LogP contribution in [0.15, 0.2) is 59.8 Å². The molecular weight excluding hydrogens is 358 g/mol. The summed E-state index contributed by atoms with van der Waals surface area (Å²) in [6.45, 7) is 4.46. The Bertz CT molecular complexity index is 892. The van der Waals surface area contributed by atoms with Gasteiger partial charge < -0.3 is 11.2 Å².